The summed E-state index contributed by atoms with van der Waals surface area (Å²) in [6.07, 6.45) is 3.59. The molecule has 1 saturated heterocycles. The van der Waals surface area contributed by atoms with Crippen LogP contribution >= 0.6 is 0 Å². The molecule has 1 aromatic rings. The van der Waals surface area contributed by atoms with Crippen LogP contribution < -0.4 is 4.90 Å². The fraction of sp³-hybridized carbons (Fsp3) is 0.533. The van der Waals surface area contributed by atoms with Gasteiger partial charge in [0.15, 0.2) is 0 Å². The number of amides is 1. The van der Waals surface area contributed by atoms with Crippen molar-refractivity contribution >= 4 is 11.6 Å². The summed E-state index contributed by atoms with van der Waals surface area (Å²) in [5, 5.41) is 9.64. The number of nitrogens with zero attached hydrogens (tertiary/aromatic N) is 1. The summed E-state index contributed by atoms with van der Waals surface area (Å²) in [5.74, 6) is 0.488. The molecule has 19 heavy (non-hydrogen) atoms. The van der Waals surface area contributed by atoms with Crippen molar-refractivity contribution in [3.05, 3.63) is 23.8 Å². The average molecular weight is 261 g/mol. The topological polar surface area (TPSA) is 49.8 Å². The lowest BCUT2D eigenvalue weighted by Crippen LogP contribution is -2.41. The van der Waals surface area contributed by atoms with Crippen molar-refractivity contribution in [2.24, 2.45) is 5.92 Å². The third-order valence-electron chi connectivity index (χ3n) is 4.02. The van der Waals surface area contributed by atoms with Crippen molar-refractivity contribution in [3.8, 4) is 5.75 Å². The molecule has 0 bridgehead atoms. The van der Waals surface area contributed by atoms with Gasteiger partial charge in [0, 0.05) is 31.7 Å². The van der Waals surface area contributed by atoms with Crippen LogP contribution in [0.3, 0.4) is 0 Å². The Kier molecular flexibility index (Phi) is 3.42. The molecule has 1 amide bonds. The zero-order chi connectivity index (χ0) is 13.2. The Labute approximate surface area is 113 Å². The predicted octanol–water partition coefficient (Wildman–Crippen LogP) is 2.10. The lowest BCUT2D eigenvalue weighted by atomic mass is 9.95. The summed E-state index contributed by atoms with van der Waals surface area (Å²) in [4.78, 5) is 14.5. The second-order valence-corrected chi connectivity index (χ2v) is 5.29. The van der Waals surface area contributed by atoms with E-state index in [2.05, 4.69) is 0 Å². The average Bonchev–Trinajstić information content (AvgIpc) is 2.47. The first kappa shape index (κ1) is 12.5. The summed E-state index contributed by atoms with van der Waals surface area (Å²) >= 11 is 0. The molecule has 0 aliphatic carbocycles. The summed E-state index contributed by atoms with van der Waals surface area (Å²) < 4.78 is 5.32. The number of carbonyl (C=O) groups is 1. The highest BCUT2D eigenvalue weighted by molar-refractivity contribution is 5.96. The molecule has 0 unspecified atom stereocenters. The number of benzene rings is 1. The van der Waals surface area contributed by atoms with Gasteiger partial charge in [0.2, 0.25) is 5.91 Å². The van der Waals surface area contributed by atoms with Gasteiger partial charge in [0.1, 0.15) is 5.75 Å². The third kappa shape index (κ3) is 2.45. The maximum atomic E-state index is 12.6. The minimum atomic E-state index is 0.0713. The Morgan fingerprint density at radius 3 is 2.89 bits per heavy atom. The number of anilines is 1. The highest BCUT2D eigenvalue weighted by Crippen LogP contribution is 2.32. The highest BCUT2D eigenvalue weighted by Gasteiger charge is 2.30. The molecule has 0 spiro atoms. The lowest BCUT2D eigenvalue weighted by molar-refractivity contribution is -0.125. The van der Waals surface area contributed by atoms with Crippen LogP contribution in [0.4, 0.5) is 5.69 Å². The molecule has 1 N–H and O–H groups in total. The molecule has 2 heterocycles. The van der Waals surface area contributed by atoms with Gasteiger partial charge in [0.05, 0.1) is 5.69 Å². The molecule has 102 valence electrons. The van der Waals surface area contributed by atoms with Crippen LogP contribution in [0.25, 0.3) is 0 Å². The van der Waals surface area contributed by atoms with E-state index < -0.39 is 0 Å². The number of carbonyl (C=O) groups excluding carboxylic acids is 1. The number of hydrogen-bond donors (Lipinski definition) is 1. The summed E-state index contributed by atoms with van der Waals surface area (Å²) in [6.45, 7) is 2.11. The molecular formula is C15H19NO3. The third-order valence-corrected chi connectivity index (χ3v) is 4.02. The van der Waals surface area contributed by atoms with Gasteiger partial charge < -0.3 is 14.7 Å². The Bertz CT molecular complexity index is 480. The quantitative estimate of drug-likeness (QED) is 0.842. The van der Waals surface area contributed by atoms with Crippen LogP contribution in [0.1, 0.15) is 24.8 Å². The molecule has 0 aromatic heterocycles. The van der Waals surface area contributed by atoms with Crippen molar-refractivity contribution in [1.82, 2.24) is 0 Å². The minimum absolute atomic E-state index is 0.0713. The second kappa shape index (κ2) is 5.21. The van der Waals surface area contributed by atoms with E-state index in [0.29, 0.717) is 13.2 Å². The number of phenols is 1. The fourth-order valence-electron chi connectivity index (χ4n) is 2.96. The van der Waals surface area contributed by atoms with Crippen LogP contribution in [-0.2, 0) is 16.0 Å². The van der Waals surface area contributed by atoms with E-state index in [9.17, 15) is 9.90 Å². The molecule has 2 aliphatic heterocycles. The first-order valence-corrected chi connectivity index (χ1v) is 6.97. The maximum absolute atomic E-state index is 12.6. The van der Waals surface area contributed by atoms with Gasteiger partial charge in [-0.05, 0) is 37.3 Å². The Balaban J connectivity index is 1.86. The second-order valence-electron chi connectivity index (χ2n) is 5.29. The molecular weight excluding hydrogens is 242 g/mol. The minimum Gasteiger partial charge on any atom is -0.508 e. The maximum Gasteiger partial charge on any atom is 0.230 e. The van der Waals surface area contributed by atoms with Crippen LogP contribution in [0.15, 0.2) is 18.2 Å². The number of aromatic hydroxyl groups is 1. The first-order chi connectivity index (χ1) is 9.25. The number of hydrogen-bond acceptors (Lipinski definition) is 3. The molecule has 0 saturated carbocycles. The Hall–Kier alpha value is -1.55. The summed E-state index contributed by atoms with van der Waals surface area (Å²) in [5.41, 5.74) is 2.05. The molecule has 1 aromatic carbocycles. The Morgan fingerprint density at radius 2 is 2.11 bits per heavy atom. The number of phenolic OH excluding ortho intramolecular Hbond substituents is 1. The predicted molar refractivity (Wildman–Crippen MR) is 72.3 cm³/mol. The Morgan fingerprint density at radius 1 is 1.32 bits per heavy atom. The van der Waals surface area contributed by atoms with E-state index in [0.717, 1.165) is 43.5 Å². The van der Waals surface area contributed by atoms with Gasteiger partial charge in [-0.15, -0.1) is 0 Å². The van der Waals surface area contributed by atoms with Gasteiger partial charge in [-0.3, -0.25) is 4.79 Å². The molecule has 1 fully saturated rings. The van der Waals surface area contributed by atoms with Gasteiger partial charge in [0.25, 0.3) is 0 Å². The van der Waals surface area contributed by atoms with Crippen molar-refractivity contribution in [2.45, 2.75) is 25.7 Å². The number of aryl methyl sites for hydroxylation is 1. The van der Waals surface area contributed by atoms with E-state index in [1.807, 2.05) is 11.0 Å². The first-order valence-electron chi connectivity index (χ1n) is 6.97. The van der Waals surface area contributed by atoms with E-state index in [1.165, 1.54) is 0 Å². The van der Waals surface area contributed by atoms with Gasteiger partial charge >= 0.3 is 0 Å². The van der Waals surface area contributed by atoms with E-state index in [4.69, 9.17) is 4.74 Å². The smallest absolute Gasteiger partial charge is 0.230 e. The van der Waals surface area contributed by atoms with Gasteiger partial charge in [-0.25, -0.2) is 0 Å². The van der Waals surface area contributed by atoms with E-state index in [-0.39, 0.29) is 17.6 Å². The number of fused-ring (bicyclic) bond motifs is 1. The van der Waals surface area contributed by atoms with Crippen LogP contribution in [0.5, 0.6) is 5.75 Å². The molecule has 4 nitrogen and oxygen atoms in total. The van der Waals surface area contributed by atoms with Crippen LogP contribution in [0, 0.1) is 5.92 Å². The van der Waals surface area contributed by atoms with Crippen molar-refractivity contribution in [3.63, 3.8) is 0 Å². The van der Waals surface area contributed by atoms with E-state index >= 15 is 0 Å². The monoisotopic (exact) mass is 261 g/mol. The largest absolute Gasteiger partial charge is 0.508 e. The SMILES string of the molecule is O=C(C1CCOCC1)N1CCCc2ccc(O)cc21. The van der Waals surface area contributed by atoms with Gasteiger partial charge in [-0.2, -0.15) is 0 Å². The van der Waals surface area contributed by atoms with Crippen LogP contribution in [0.2, 0.25) is 0 Å². The highest BCUT2D eigenvalue weighted by atomic mass is 16.5. The van der Waals surface area contributed by atoms with Gasteiger partial charge in [-0.1, -0.05) is 6.07 Å². The molecule has 3 rings (SSSR count). The normalized spacial score (nSPS) is 20.1. The lowest BCUT2D eigenvalue weighted by Gasteiger charge is -2.33. The van der Waals surface area contributed by atoms with E-state index in [1.54, 1.807) is 12.1 Å². The molecule has 2 aliphatic rings. The summed E-state index contributed by atoms with van der Waals surface area (Å²) in [6, 6.07) is 5.33. The van der Waals surface area contributed by atoms with Crippen molar-refractivity contribution < 1.29 is 14.6 Å². The van der Waals surface area contributed by atoms with Crippen LogP contribution in [-0.4, -0.2) is 30.8 Å². The standard InChI is InChI=1S/C15H19NO3/c17-13-4-3-11-2-1-7-16(14(11)10-13)15(18)12-5-8-19-9-6-12/h3-4,10,12,17H,1-2,5-9H2. The summed E-state index contributed by atoms with van der Waals surface area (Å²) in [7, 11) is 0. The zero-order valence-electron chi connectivity index (χ0n) is 11.0. The van der Waals surface area contributed by atoms with Crippen molar-refractivity contribution in [1.29, 1.82) is 0 Å². The molecule has 0 radical (unpaired) electrons. The van der Waals surface area contributed by atoms with Crippen molar-refractivity contribution in [2.75, 3.05) is 24.7 Å². The number of rotatable bonds is 1. The molecule has 4 heteroatoms. The fourth-order valence-corrected chi connectivity index (χ4v) is 2.96. The number of ether oxygens (including phenoxy) is 1. The molecule has 0 atom stereocenters. The zero-order valence-corrected chi connectivity index (χ0v) is 11.0.